The molecule has 44 heavy (non-hydrogen) atoms. The average molecular weight is 618 g/mol. The third-order valence-electron chi connectivity index (χ3n) is 8.44. The van der Waals surface area contributed by atoms with Crippen LogP contribution in [0.25, 0.3) is 0 Å². The van der Waals surface area contributed by atoms with Crippen LogP contribution in [-0.2, 0) is 33.3 Å². The summed E-state index contributed by atoms with van der Waals surface area (Å²) in [6.07, 6.45) is 7.42. The molecule has 1 aromatic carbocycles. The minimum absolute atomic E-state index is 0.0129. The molecule has 1 amide bonds. The van der Waals surface area contributed by atoms with E-state index in [1.165, 1.54) is 12.3 Å². The number of halogens is 1. The zero-order valence-electron chi connectivity index (χ0n) is 26.9. The lowest BCUT2D eigenvalue weighted by Gasteiger charge is -2.49. The molecule has 2 aliphatic carbocycles. The highest BCUT2D eigenvalue weighted by Crippen LogP contribution is 2.43. The molecule has 9 nitrogen and oxygen atoms in total. The van der Waals surface area contributed by atoms with Crippen molar-refractivity contribution in [3.8, 4) is 5.75 Å². The smallest absolute Gasteiger partial charge is 0.334 e. The fourth-order valence-corrected chi connectivity index (χ4v) is 6.60. The first kappa shape index (κ1) is 33.9. The van der Waals surface area contributed by atoms with Gasteiger partial charge in [-0.15, -0.1) is 0 Å². The van der Waals surface area contributed by atoms with Crippen LogP contribution in [0.15, 0.2) is 30.5 Å². The van der Waals surface area contributed by atoms with Crippen molar-refractivity contribution in [1.82, 2.24) is 5.32 Å². The number of carbonyl (C=O) groups excluding carboxylic acids is 3. The van der Waals surface area contributed by atoms with Crippen molar-refractivity contribution in [2.45, 2.75) is 115 Å². The van der Waals surface area contributed by atoms with Crippen LogP contribution < -0.4 is 10.1 Å². The summed E-state index contributed by atoms with van der Waals surface area (Å²) in [4.78, 5) is 37.7. The first-order chi connectivity index (χ1) is 20.7. The van der Waals surface area contributed by atoms with Crippen molar-refractivity contribution in [3.05, 3.63) is 41.9 Å². The van der Waals surface area contributed by atoms with E-state index in [0.29, 0.717) is 26.1 Å². The highest BCUT2D eigenvalue weighted by atomic mass is 19.1. The van der Waals surface area contributed by atoms with Gasteiger partial charge < -0.3 is 29.0 Å². The molecule has 3 atom stereocenters. The summed E-state index contributed by atoms with van der Waals surface area (Å²) in [7, 11) is 0. The predicted octanol–water partition coefficient (Wildman–Crippen LogP) is 5.75. The lowest BCUT2D eigenvalue weighted by atomic mass is 9.66. The monoisotopic (exact) mass is 617 g/mol. The van der Waals surface area contributed by atoms with Gasteiger partial charge in [0.15, 0.2) is 11.6 Å². The molecule has 4 rings (SSSR count). The number of nitrogens with one attached hydrogen (secondary N) is 1. The summed E-state index contributed by atoms with van der Waals surface area (Å²) >= 11 is 0. The fraction of sp³-hybridized carbons (Fsp3) is 0.676. The Morgan fingerprint density at radius 1 is 1.05 bits per heavy atom. The molecule has 244 valence electrons. The van der Waals surface area contributed by atoms with Gasteiger partial charge in [-0.25, -0.2) is 9.18 Å². The summed E-state index contributed by atoms with van der Waals surface area (Å²) in [5.74, 6) is -2.06. The number of hydrogen-bond acceptors (Lipinski definition) is 8. The van der Waals surface area contributed by atoms with E-state index in [4.69, 9.17) is 23.7 Å². The Morgan fingerprint density at radius 3 is 2.41 bits per heavy atom. The van der Waals surface area contributed by atoms with Crippen LogP contribution in [0.5, 0.6) is 5.75 Å². The molecular formula is C34H48FNO8. The van der Waals surface area contributed by atoms with Crippen LogP contribution in [0, 0.1) is 17.7 Å². The van der Waals surface area contributed by atoms with E-state index >= 15 is 0 Å². The van der Waals surface area contributed by atoms with E-state index in [0.717, 1.165) is 43.7 Å². The Kier molecular flexibility index (Phi) is 10.8. The average Bonchev–Trinajstić information content (AvgIpc) is 2.91. The zero-order valence-corrected chi connectivity index (χ0v) is 26.9. The lowest BCUT2D eigenvalue weighted by Crippen LogP contribution is -2.66. The van der Waals surface area contributed by atoms with Crippen LogP contribution in [0.2, 0.25) is 0 Å². The van der Waals surface area contributed by atoms with Gasteiger partial charge >= 0.3 is 11.9 Å². The van der Waals surface area contributed by atoms with Crippen LogP contribution in [0.3, 0.4) is 0 Å². The summed E-state index contributed by atoms with van der Waals surface area (Å²) in [6, 6.07) is 4.86. The third kappa shape index (κ3) is 9.03. The Hall–Kier alpha value is -2.98. The first-order valence-corrected chi connectivity index (χ1v) is 15.7. The molecule has 3 fully saturated rings. The first-order valence-electron chi connectivity index (χ1n) is 15.7. The van der Waals surface area contributed by atoms with E-state index in [2.05, 4.69) is 5.32 Å². The lowest BCUT2D eigenvalue weighted by molar-refractivity contribution is -0.173. The standard InChI is InChI=1S/C34H48FNO8/c1-32(2,3)43-29(38)16-18-41-30-24(9-7-11-27(30)35)22-12-14-23(15-13-22)42-19-26-25(31(39)44-33(4,5)6)10-8-17-34(26)21-40-20-28(37)36-34/h7,9,11,16,18,22-23,25-26H,8,10,12-15,17,19-21H2,1-6H3,(H,36,37)/b18-16+. The second kappa shape index (κ2) is 14.0. The largest absolute Gasteiger partial charge is 0.461 e. The maximum atomic E-state index is 14.8. The van der Waals surface area contributed by atoms with Crippen LogP contribution >= 0.6 is 0 Å². The van der Waals surface area contributed by atoms with Crippen molar-refractivity contribution >= 4 is 17.8 Å². The van der Waals surface area contributed by atoms with Crippen LogP contribution in [0.4, 0.5) is 4.39 Å². The van der Waals surface area contributed by atoms with Gasteiger partial charge in [0.25, 0.3) is 0 Å². The molecule has 1 heterocycles. The van der Waals surface area contributed by atoms with Crippen molar-refractivity contribution in [2.75, 3.05) is 19.8 Å². The molecular weight excluding hydrogens is 569 g/mol. The molecule has 2 saturated carbocycles. The molecule has 3 aliphatic rings. The number of morpholine rings is 1. The number of rotatable bonds is 8. The highest BCUT2D eigenvalue weighted by Gasteiger charge is 2.52. The quantitative estimate of drug-likeness (QED) is 0.223. The van der Waals surface area contributed by atoms with Gasteiger partial charge in [-0.2, -0.15) is 0 Å². The number of carbonyl (C=O) groups is 3. The number of ether oxygens (including phenoxy) is 5. The molecule has 0 radical (unpaired) electrons. The SMILES string of the molecule is CC(C)(C)OC(=O)/C=C/Oc1c(F)cccc1C1CCC(OCC2C(C(=O)OC(C)(C)C)CCCC23COCC(=O)N3)CC1. The number of para-hydroxylation sites is 1. The van der Waals surface area contributed by atoms with E-state index in [1.54, 1.807) is 26.8 Å². The van der Waals surface area contributed by atoms with Gasteiger partial charge in [0.1, 0.15) is 17.8 Å². The zero-order chi connectivity index (χ0) is 32.1. The summed E-state index contributed by atoms with van der Waals surface area (Å²) in [6.45, 7) is 11.5. The minimum Gasteiger partial charge on any atom is -0.461 e. The Labute approximate surface area is 260 Å². The van der Waals surface area contributed by atoms with Crippen molar-refractivity contribution in [2.24, 2.45) is 11.8 Å². The van der Waals surface area contributed by atoms with Crippen LogP contribution in [0.1, 0.15) is 98.0 Å². The van der Waals surface area contributed by atoms with Gasteiger partial charge in [-0.05, 0) is 92.1 Å². The van der Waals surface area contributed by atoms with Gasteiger partial charge in [-0.1, -0.05) is 18.6 Å². The fourth-order valence-electron chi connectivity index (χ4n) is 6.60. The molecule has 1 N–H and O–H groups in total. The second-order valence-electron chi connectivity index (χ2n) is 14.3. The third-order valence-corrected chi connectivity index (χ3v) is 8.44. The number of benzene rings is 1. The van der Waals surface area contributed by atoms with Crippen LogP contribution in [-0.4, -0.2) is 60.5 Å². The van der Waals surface area contributed by atoms with Gasteiger partial charge in [0.05, 0.1) is 43.1 Å². The number of amides is 1. The molecule has 10 heteroatoms. The predicted molar refractivity (Wildman–Crippen MR) is 161 cm³/mol. The molecule has 1 aromatic rings. The van der Waals surface area contributed by atoms with E-state index in [1.807, 2.05) is 26.8 Å². The van der Waals surface area contributed by atoms with Crippen molar-refractivity contribution in [3.63, 3.8) is 0 Å². The van der Waals surface area contributed by atoms with E-state index in [-0.39, 0.29) is 42.2 Å². The molecule has 0 bridgehead atoms. The van der Waals surface area contributed by atoms with Gasteiger partial charge in [0, 0.05) is 11.5 Å². The normalized spacial score (nSPS) is 28.0. The molecule has 1 saturated heterocycles. The maximum Gasteiger partial charge on any atom is 0.334 e. The second-order valence-corrected chi connectivity index (χ2v) is 14.3. The summed E-state index contributed by atoms with van der Waals surface area (Å²) in [5.41, 5.74) is -1.19. The molecule has 0 aromatic heterocycles. The maximum absolute atomic E-state index is 14.8. The summed E-state index contributed by atoms with van der Waals surface area (Å²) < 4.78 is 43.7. The van der Waals surface area contributed by atoms with Crippen molar-refractivity contribution < 1.29 is 42.5 Å². The Morgan fingerprint density at radius 2 is 1.75 bits per heavy atom. The number of hydrogen-bond donors (Lipinski definition) is 1. The number of esters is 2. The molecule has 1 spiro atoms. The van der Waals surface area contributed by atoms with Gasteiger partial charge in [0.2, 0.25) is 5.91 Å². The highest BCUT2D eigenvalue weighted by molar-refractivity contribution is 5.82. The molecule has 1 aliphatic heterocycles. The Bertz CT molecular complexity index is 1210. The summed E-state index contributed by atoms with van der Waals surface area (Å²) in [5, 5.41) is 3.16. The van der Waals surface area contributed by atoms with Gasteiger partial charge in [-0.3, -0.25) is 9.59 Å². The van der Waals surface area contributed by atoms with E-state index < -0.39 is 34.4 Å². The molecule has 3 unspecified atom stereocenters. The minimum atomic E-state index is -0.674. The van der Waals surface area contributed by atoms with E-state index in [9.17, 15) is 18.8 Å². The Balaban J connectivity index is 1.40. The van der Waals surface area contributed by atoms with Crippen molar-refractivity contribution in [1.29, 1.82) is 0 Å². The topological polar surface area (TPSA) is 109 Å².